The Bertz CT molecular complexity index is 740. The van der Waals surface area contributed by atoms with Crippen molar-refractivity contribution in [2.75, 3.05) is 7.11 Å². The van der Waals surface area contributed by atoms with Crippen LogP contribution < -0.4 is 4.74 Å². The smallest absolute Gasteiger partial charge is 0.120 e. The Labute approximate surface area is 132 Å². The number of nitrogens with one attached hydrogen (secondary N) is 1. The van der Waals surface area contributed by atoms with Crippen molar-refractivity contribution >= 4 is 10.9 Å². The molecule has 1 N–H and O–H groups in total. The number of aromatic nitrogens is 1. The molecule has 0 amide bonds. The van der Waals surface area contributed by atoms with Crippen molar-refractivity contribution in [3.8, 4) is 17.0 Å². The molecule has 1 aromatic heterocycles. The number of aryl methyl sites for hydroxylation is 1. The van der Waals surface area contributed by atoms with Crippen molar-refractivity contribution < 1.29 is 4.74 Å². The summed E-state index contributed by atoms with van der Waals surface area (Å²) in [5.41, 5.74) is 4.93. The van der Waals surface area contributed by atoms with Crippen molar-refractivity contribution in [1.29, 1.82) is 0 Å². The Balaban J connectivity index is 1.81. The van der Waals surface area contributed by atoms with Crippen molar-refractivity contribution in [3.05, 3.63) is 54.1 Å². The second-order valence-electron chi connectivity index (χ2n) is 5.79. The summed E-state index contributed by atoms with van der Waals surface area (Å²) >= 11 is 0. The van der Waals surface area contributed by atoms with Gasteiger partial charge in [-0.05, 0) is 42.2 Å². The average Bonchev–Trinajstić information content (AvgIpc) is 2.98. The van der Waals surface area contributed by atoms with Crippen molar-refractivity contribution in [2.45, 2.75) is 32.6 Å². The molecule has 2 aromatic carbocycles. The molecule has 0 aliphatic rings. The van der Waals surface area contributed by atoms with Gasteiger partial charge in [0.25, 0.3) is 0 Å². The quantitative estimate of drug-likeness (QED) is 0.590. The molecule has 0 bridgehead atoms. The van der Waals surface area contributed by atoms with E-state index in [4.69, 9.17) is 4.74 Å². The number of methoxy groups -OCH3 is 1. The number of rotatable bonds is 6. The van der Waals surface area contributed by atoms with E-state index >= 15 is 0 Å². The van der Waals surface area contributed by atoms with Gasteiger partial charge in [0, 0.05) is 22.7 Å². The first-order valence-corrected chi connectivity index (χ1v) is 8.06. The topological polar surface area (TPSA) is 25.0 Å². The summed E-state index contributed by atoms with van der Waals surface area (Å²) < 4.78 is 5.28. The largest absolute Gasteiger partial charge is 0.497 e. The third-order valence-corrected chi connectivity index (χ3v) is 4.16. The molecule has 0 radical (unpaired) electrons. The van der Waals surface area contributed by atoms with Crippen LogP contribution in [0.4, 0.5) is 0 Å². The summed E-state index contributed by atoms with van der Waals surface area (Å²) in [4.78, 5) is 3.48. The Morgan fingerprint density at radius 2 is 1.77 bits per heavy atom. The number of H-pyrrole nitrogens is 1. The maximum atomic E-state index is 5.28. The Morgan fingerprint density at radius 3 is 2.50 bits per heavy atom. The van der Waals surface area contributed by atoms with E-state index in [9.17, 15) is 0 Å². The highest BCUT2D eigenvalue weighted by atomic mass is 16.5. The number of ether oxygens (including phenoxy) is 1. The van der Waals surface area contributed by atoms with E-state index in [1.54, 1.807) is 7.11 Å². The van der Waals surface area contributed by atoms with Gasteiger partial charge >= 0.3 is 0 Å². The fourth-order valence-electron chi connectivity index (χ4n) is 2.82. The van der Waals surface area contributed by atoms with Crippen LogP contribution in [0.3, 0.4) is 0 Å². The summed E-state index contributed by atoms with van der Waals surface area (Å²) in [5.74, 6) is 0.882. The molecule has 114 valence electrons. The Hall–Kier alpha value is -2.22. The molecule has 0 spiro atoms. The summed E-state index contributed by atoms with van der Waals surface area (Å²) in [7, 11) is 1.70. The van der Waals surface area contributed by atoms with Crippen LogP contribution >= 0.6 is 0 Å². The van der Waals surface area contributed by atoms with Gasteiger partial charge in [-0.3, -0.25) is 0 Å². The van der Waals surface area contributed by atoms with Crippen LogP contribution in [0, 0.1) is 0 Å². The molecule has 0 atom stereocenters. The van der Waals surface area contributed by atoms with Crippen LogP contribution in [-0.4, -0.2) is 12.1 Å². The average molecular weight is 293 g/mol. The molecule has 2 heteroatoms. The molecule has 0 unspecified atom stereocenters. The minimum atomic E-state index is 0.882. The highest BCUT2D eigenvalue weighted by Crippen LogP contribution is 2.27. The lowest BCUT2D eigenvalue weighted by Gasteiger charge is -2.03. The van der Waals surface area contributed by atoms with Crippen LogP contribution in [0.1, 0.15) is 31.7 Å². The minimum absolute atomic E-state index is 0.882. The SMILES string of the molecule is CCCCCc1ccc(-c2cc3ccc(OC)cc3[nH]2)cc1. The van der Waals surface area contributed by atoms with Gasteiger partial charge < -0.3 is 9.72 Å². The van der Waals surface area contributed by atoms with Gasteiger partial charge in [-0.15, -0.1) is 0 Å². The molecule has 3 rings (SSSR count). The lowest BCUT2D eigenvalue weighted by molar-refractivity contribution is 0.415. The molecule has 2 nitrogen and oxygen atoms in total. The van der Waals surface area contributed by atoms with E-state index in [-0.39, 0.29) is 0 Å². The number of aromatic amines is 1. The highest BCUT2D eigenvalue weighted by Gasteiger charge is 2.04. The number of fused-ring (bicyclic) bond motifs is 1. The zero-order valence-electron chi connectivity index (χ0n) is 13.4. The third kappa shape index (κ3) is 3.16. The van der Waals surface area contributed by atoms with Gasteiger partial charge in [-0.2, -0.15) is 0 Å². The standard InChI is InChI=1S/C20H23NO/c1-3-4-5-6-15-7-9-16(10-8-15)19-13-17-11-12-18(22-2)14-20(17)21-19/h7-14,21H,3-6H2,1-2H3. The maximum Gasteiger partial charge on any atom is 0.120 e. The van der Waals surface area contributed by atoms with Gasteiger partial charge in [0.1, 0.15) is 5.75 Å². The Morgan fingerprint density at radius 1 is 0.955 bits per heavy atom. The van der Waals surface area contributed by atoms with Gasteiger partial charge in [0.2, 0.25) is 0 Å². The first-order chi connectivity index (χ1) is 10.8. The minimum Gasteiger partial charge on any atom is -0.497 e. The second-order valence-corrected chi connectivity index (χ2v) is 5.79. The van der Waals surface area contributed by atoms with E-state index in [2.05, 4.69) is 48.3 Å². The monoisotopic (exact) mass is 293 g/mol. The molecular weight excluding hydrogens is 270 g/mol. The van der Waals surface area contributed by atoms with Gasteiger partial charge in [-0.25, -0.2) is 0 Å². The number of unbranched alkanes of at least 4 members (excludes halogenated alkanes) is 2. The lowest BCUT2D eigenvalue weighted by Crippen LogP contribution is -1.86. The van der Waals surface area contributed by atoms with Crippen molar-refractivity contribution in [1.82, 2.24) is 4.98 Å². The summed E-state index contributed by atoms with van der Waals surface area (Å²) in [6.07, 6.45) is 5.04. The molecule has 22 heavy (non-hydrogen) atoms. The van der Waals surface area contributed by atoms with Crippen LogP contribution in [0.25, 0.3) is 22.2 Å². The summed E-state index contributed by atoms with van der Waals surface area (Å²) in [6.45, 7) is 2.24. The van der Waals surface area contributed by atoms with Crippen molar-refractivity contribution in [2.24, 2.45) is 0 Å². The molecule has 1 heterocycles. The molecule has 3 aromatic rings. The first-order valence-electron chi connectivity index (χ1n) is 8.06. The van der Waals surface area contributed by atoms with E-state index in [0.29, 0.717) is 0 Å². The fraction of sp³-hybridized carbons (Fsp3) is 0.300. The maximum absolute atomic E-state index is 5.28. The van der Waals surface area contributed by atoms with E-state index in [1.165, 1.54) is 42.2 Å². The fourth-order valence-corrected chi connectivity index (χ4v) is 2.82. The van der Waals surface area contributed by atoms with Crippen LogP contribution in [-0.2, 0) is 6.42 Å². The zero-order chi connectivity index (χ0) is 15.4. The van der Waals surface area contributed by atoms with Gasteiger partial charge in [0.05, 0.1) is 7.11 Å². The normalized spacial score (nSPS) is 11.0. The molecule has 0 saturated heterocycles. The lowest BCUT2D eigenvalue weighted by atomic mass is 10.0. The number of hydrogen-bond donors (Lipinski definition) is 1. The molecule has 0 aliphatic carbocycles. The Kier molecular flexibility index (Phi) is 4.47. The van der Waals surface area contributed by atoms with Crippen LogP contribution in [0.15, 0.2) is 48.5 Å². The molecule has 0 saturated carbocycles. The predicted octanol–water partition coefficient (Wildman–Crippen LogP) is 5.58. The zero-order valence-corrected chi connectivity index (χ0v) is 13.4. The molecule has 0 fully saturated rings. The van der Waals surface area contributed by atoms with E-state index in [1.807, 2.05) is 12.1 Å². The molecule has 0 aliphatic heterocycles. The van der Waals surface area contributed by atoms with Gasteiger partial charge in [0.15, 0.2) is 0 Å². The van der Waals surface area contributed by atoms with E-state index < -0.39 is 0 Å². The van der Waals surface area contributed by atoms with Gasteiger partial charge in [-0.1, -0.05) is 44.0 Å². The highest BCUT2D eigenvalue weighted by molar-refractivity contribution is 5.86. The summed E-state index contributed by atoms with van der Waals surface area (Å²) in [6, 6.07) is 17.2. The summed E-state index contributed by atoms with van der Waals surface area (Å²) in [5, 5.41) is 1.21. The third-order valence-electron chi connectivity index (χ3n) is 4.16. The van der Waals surface area contributed by atoms with Crippen LogP contribution in [0.5, 0.6) is 5.75 Å². The number of benzene rings is 2. The second kappa shape index (κ2) is 6.69. The number of hydrogen-bond acceptors (Lipinski definition) is 1. The van der Waals surface area contributed by atoms with E-state index in [0.717, 1.165) is 17.0 Å². The van der Waals surface area contributed by atoms with Crippen LogP contribution in [0.2, 0.25) is 0 Å². The predicted molar refractivity (Wildman–Crippen MR) is 93.5 cm³/mol. The van der Waals surface area contributed by atoms with Crippen molar-refractivity contribution in [3.63, 3.8) is 0 Å². The molecular formula is C20H23NO. The first kappa shape index (κ1) is 14.7.